The van der Waals surface area contributed by atoms with E-state index in [4.69, 9.17) is 4.18 Å². The second kappa shape index (κ2) is 7.19. The summed E-state index contributed by atoms with van der Waals surface area (Å²) in [6, 6.07) is 4.12. The Balaban J connectivity index is 1.83. The quantitative estimate of drug-likeness (QED) is 0.311. The lowest BCUT2D eigenvalue weighted by Crippen LogP contribution is -2.54. The van der Waals surface area contributed by atoms with Crippen molar-refractivity contribution in [3.8, 4) is 0 Å². The molecule has 7 nitrogen and oxygen atoms in total. The van der Waals surface area contributed by atoms with Crippen LogP contribution in [0.25, 0.3) is 0 Å². The number of benzene rings is 1. The summed E-state index contributed by atoms with van der Waals surface area (Å²) in [6.07, 6.45) is 0.882. The third kappa shape index (κ3) is 3.20. The van der Waals surface area contributed by atoms with Crippen LogP contribution in [-0.4, -0.2) is 41.2 Å². The van der Waals surface area contributed by atoms with Gasteiger partial charge in [-0.25, -0.2) is 0 Å². The molecule has 0 saturated carbocycles. The van der Waals surface area contributed by atoms with E-state index in [-0.39, 0.29) is 24.3 Å². The molecule has 2 aliphatic rings. The van der Waals surface area contributed by atoms with Gasteiger partial charge in [-0.15, -0.1) is 0 Å². The van der Waals surface area contributed by atoms with Crippen LogP contribution in [0.2, 0.25) is 0 Å². The summed E-state index contributed by atoms with van der Waals surface area (Å²) in [6.45, 7) is 0.491. The van der Waals surface area contributed by atoms with Gasteiger partial charge >= 0.3 is 0 Å². The fourth-order valence-corrected chi connectivity index (χ4v) is 3.55. The average Bonchev–Trinajstić information content (AvgIpc) is 2.80. The normalized spacial score (nSPS) is 20.4. The van der Waals surface area contributed by atoms with Crippen LogP contribution in [-0.2, 0) is 20.2 Å². The molecule has 1 N–H and O–H groups in total. The van der Waals surface area contributed by atoms with Gasteiger partial charge in [-0.1, -0.05) is 6.07 Å². The Labute approximate surface area is 154 Å². The van der Waals surface area contributed by atoms with Crippen LogP contribution in [0.15, 0.2) is 18.2 Å². The Morgan fingerprint density at radius 3 is 2.67 bits per heavy atom. The Hall–Kier alpha value is -1.46. The smallest absolute Gasteiger partial charge is 0.262 e. The molecule has 3 rings (SSSR count). The number of amides is 4. The molecule has 1 aromatic carbocycles. The molecule has 1 saturated heterocycles. The van der Waals surface area contributed by atoms with E-state index < -0.39 is 23.8 Å². The maximum atomic E-state index is 12.6. The van der Waals surface area contributed by atoms with E-state index in [2.05, 4.69) is 5.32 Å². The minimum atomic E-state index is -0.933. The third-order valence-electron chi connectivity index (χ3n) is 4.02. The zero-order chi connectivity index (χ0) is 17.3. The first-order valence-electron chi connectivity index (χ1n) is 7.27. The lowest BCUT2D eigenvalue weighted by atomic mass is 10.0. The van der Waals surface area contributed by atoms with Crippen molar-refractivity contribution in [2.45, 2.75) is 25.3 Å². The standard InChI is InChI=1S/C15H13IN2O5S/c16-24-23-6-5-8-1-2-9-10(7-8)15(22)18(14(9)21)11-3-4-12(19)17-13(11)20/h1-2,7,11H,3-6H2,(H,17,19,20). The minimum Gasteiger partial charge on any atom is -0.305 e. The first kappa shape index (κ1) is 17.4. The molecule has 4 amide bonds. The number of nitrogens with zero attached hydrogens (tertiary/aromatic N) is 1. The van der Waals surface area contributed by atoms with Crippen LogP contribution < -0.4 is 5.32 Å². The first-order chi connectivity index (χ1) is 11.5. The first-order valence-corrected chi connectivity index (χ1v) is 10.6. The number of hydrogen-bond donors (Lipinski definition) is 1. The van der Waals surface area contributed by atoms with Crippen LogP contribution in [0.5, 0.6) is 0 Å². The van der Waals surface area contributed by atoms with E-state index in [1.807, 2.05) is 21.2 Å². The van der Waals surface area contributed by atoms with Gasteiger partial charge < -0.3 is 4.18 Å². The molecule has 0 radical (unpaired) electrons. The van der Waals surface area contributed by atoms with Crippen molar-refractivity contribution in [2.75, 3.05) is 6.61 Å². The highest BCUT2D eigenvalue weighted by atomic mass is 127. The maximum absolute atomic E-state index is 12.6. The highest BCUT2D eigenvalue weighted by molar-refractivity contribution is 14.2. The Morgan fingerprint density at radius 1 is 1.21 bits per heavy atom. The van der Waals surface area contributed by atoms with E-state index in [1.54, 1.807) is 18.2 Å². The predicted octanol–water partition coefficient (Wildman–Crippen LogP) is 1.65. The second-order valence-corrected chi connectivity index (χ2v) is 6.90. The maximum Gasteiger partial charge on any atom is 0.262 e. The van der Waals surface area contributed by atoms with Gasteiger partial charge in [0.05, 0.1) is 26.9 Å². The number of piperidine rings is 1. The summed E-state index contributed by atoms with van der Waals surface area (Å²) in [5, 5.41) is 2.18. The average molecular weight is 460 g/mol. The number of carbonyl (C=O) groups is 4. The lowest BCUT2D eigenvalue weighted by molar-refractivity contribution is -0.136. The monoisotopic (exact) mass is 460 g/mol. The van der Waals surface area contributed by atoms with Crippen LogP contribution in [0, 0.1) is 0 Å². The molecule has 126 valence electrons. The molecule has 1 unspecified atom stereocenters. The van der Waals surface area contributed by atoms with Gasteiger partial charge in [-0.05, 0) is 30.5 Å². The largest absolute Gasteiger partial charge is 0.305 e. The van der Waals surface area contributed by atoms with E-state index in [0.717, 1.165) is 10.5 Å². The molecule has 0 aliphatic carbocycles. The van der Waals surface area contributed by atoms with Gasteiger partial charge in [0.25, 0.3) is 11.8 Å². The van der Waals surface area contributed by atoms with Crippen LogP contribution in [0.3, 0.4) is 0 Å². The number of carbonyl (C=O) groups excluding carboxylic acids is 4. The molecule has 0 spiro atoms. The van der Waals surface area contributed by atoms with Crippen molar-refractivity contribution >= 4 is 54.0 Å². The second-order valence-electron chi connectivity index (χ2n) is 5.46. The summed E-state index contributed by atoms with van der Waals surface area (Å²) in [7, 11) is 1.24. The van der Waals surface area contributed by atoms with Crippen LogP contribution in [0.1, 0.15) is 39.1 Å². The Morgan fingerprint density at radius 2 is 1.96 bits per heavy atom. The summed E-state index contributed by atoms with van der Waals surface area (Å²) >= 11 is 2.02. The fourth-order valence-electron chi connectivity index (χ4n) is 2.86. The number of hydrogen-bond acceptors (Lipinski definition) is 6. The molecule has 2 aliphatic heterocycles. The van der Waals surface area contributed by atoms with Crippen molar-refractivity contribution in [3.63, 3.8) is 0 Å². The molecule has 1 fully saturated rings. The molecule has 9 heteroatoms. The van der Waals surface area contributed by atoms with Crippen molar-refractivity contribution in [2.24, 2.45) is 0 Å². The topological polar surface area (TPSA) is 92.8 Å². The fraction of sp³-hybridized carbons (Fsp3) is 0.333. The van der Waals surface area contributed by atoms with Gasteiger partial charge in [-0.2, -0.15) is 0 Å². The molecule has 0 aromatic heterocycles. The number of rotatable bonds is 5. The zero-order valence-electron chi connectivity index (χ0n) is 12.4. The van der Waals surface area contributed by atoms with Crippen molar-refractivity contribution in [3.05, 3.63) is 34.9 Å². The Kier molecular flexibility index (Phi) is 5.21. The van der Waals surface area contributed by atoms with Crippen LogP contribution in [0.4, 0.5) is 0 Å². The van der Waals surface area contributed by atoms with Crippen molar-refractivity contribution < 1.29 is 23.4 Å². The molecule has 2 heterocycles. The van der Waals surface area contributed by atoms with E-state index in [1.165, 1.54) is 9.21 Å². The minimum absolute atomic E-state index is 0.111. The van der Waals surface area contributed by atoms with Gasteiger partial charge in [0, 0.05) is 27.6 Å². The molecule has 1 aromatic rings. The van der Waals surface area contributed by atoms with E-state index in [9.17, 15) is 19.2 Å². The van der Waals surface area contributed by atoms with Gasteiger partial charge in [0.1, 0.15) is 6.04 Å². The summed E-state index contributed by atoms with van der Waals surface area (Å²) in [4.78, 5) is 49.3. The molecular formula is C15H13IN2O5S. The highest BCUT2D eigenvalue weighted by Crippen LogP contribution is 2.28. The number of imide groups is 2. The van der Waals surface area contributed by atoms with Gasteiger partial charge in [0.2, 0.25) is 11.8 Å². The third-order valence-corrected chi connectivity index (χ3v) is 5.04. The molecule has 1 atom stereocenters. The SMILES string of the molecule is O=C1CCC(N2C(=O)c3ccc(CCOSI)cc3C2=O)C(=O)N1. The molecule has 0 bridgehead atoms. The van der Waals surface area contributed by atoms with Gasteiger partial charge in [-0.3, -0.25) is 29.4 Å². The summed E-state index contributed by atoms with van der Waals surface area (Å²) in [5.74, 6) is -1.97. The zero-order valence-corrected chi connectivity index (χ0v) is 15.4. The summed E-state index contributed by atoms with van der Waals surface area (Å²) in [5.41, 5.74) is 1.47. The highest BCUT2D eigenvalue weighted by Gasteiger charge is 2.44. The Bertz CT molecular complexity index is 739. The molecule has 24 heavy (non-hydrogen) atoms. The van der Waals surface area contributed by atoms with Gasteiger partial charge in [0.15, 0.2) is 0 Å². The summed E-state index contributed by atoms with van der Waals surface area (Å²) < 4.78 is 5.20. The molecular weight excluding hydrogens is 447 g/mol. The van der Waals surface area contributed by atoms with E-state index in [0.29, 0.717) is 18.6 Å². The lowest BCUT2D eigenvalue weighted by Gasteiger charge is -2.27. The van der Waals surface area contributed by atoms with Crippen molar-refractivity contribution in [1.82, 2.24) is 10.2 Å². The van der Waals surface area contributed by atoms with Crippen LogP contribution >= 0.6 is 30.4 Å². The predicted molar refractivity (Wildman–Crippen MR) is 94.4 cm³/mol. The number of fused-ring (bicyclic) bond motifs is 1. The number of nitrogens with one attached hydrogen (secondary N) is 1. The van der Waals surface area contributed by atoms with Crippen molar-refractivity contribution in [1.29, 1.82) is 0 Å². The van der Waals surface area contributed by atoms with E-state index >= 15 is 0 Å². The number of halogens is 1.